The molecular weight excluding hydrogens is 728 g/mol. The van der Waals surface area contributed by atoms with Crippen LogP contribution >= 0.6 is 22.9 Å². The van der Waals surface area contributed by atoms with Crippen molar-refractivity contribution in [3.05, 3.63) is 99.3 Å². The fourth-order valence-corrected chi connectivity index (χ4v) is 8.23. The second kappa shape index (κ2) is 14.7. The van der Waals surface area contributed by atoms with Crippen molar-refractivity contribution < 1.29 is 28.2 Å². The van der Waals surface area contributed by atoms with Crippen LogP contribution in [0.25, 0.3) is 5.70 Å². The molecule has 3 atom stereocenters. The van der Waals surface area contributed by atoms with E-state index >= 15 is 0 Å². The number of amides is 2. The van der Waals surface area contributed by atoms with Gasteiger partial charge in [-0.1, -0.05) is 65.8 Å². The number of halogens is 1. The molecule has 1 saturated heterocycles. The molecule has 1 unspecified atom stereocenters. The lowest BCUT2D eigenvalue weighted by Crippen LogP contribution is -2.73. The zero-order chi connectivity index (χ0) is 37.4. The third-order valence-corrected chi connectivity index (χ3v) is 10.8. The predicted molar refractivity (Wildman–Crippen MR) is 196 cm³/mol. The summed E-state index contributed by atoms with van der Waals surface area (Å²) in [6, 6.07) is 17.8. The molecule has 2 aromatic heterocycles. The van der Waals surface area contributed by atoms with Gasteiger partial charge in [-0.2, -0.15) is 4.80 Å². The Balaban J connectivity index is 1.27. The van der Waals surface area contributed by atoms with Crippen LogP contribution in [0.2, 0.25) is 0 Å². The molecule has 17 heteroatoms. The number of hydrogen-bond acceptors (Lipinski definition) is 12. The minimum atomic E-state index is -1.65. The Kier molecular flexibility index (Phi) is 10.4. The quantitative estimate of drug-likeness (QED) is 0.0775. The van der Waals surface area contributed by atoms with E-state index in [-0.39, 0.29) is 28.9 Å². The van der Waals surface area contributed by atoms with Crippen molar-refractivity contribution in [2.45, 2.75) is 70.2 Å². The van der Waals surface area contributed by atoms with Gasteiger partial charge in [-0.3, -0.25) is 18.7 Å². The minimum Gasteiger partial charge on any atom is -0.457 e. The molecule has 4 heterocycles. The number of oxime groups is 1. The largest absolute Gasteiger partial charge is 0.457 e. The van der Waals surface area contributed by atoms with Crippen molar-refractivity contribution in [1.82, 2.24) is 35.4 Å². The van der Waals surface area contributed by atoms with Crippen LogP contribution in [0.4, 0.5) is 0 Å². The van der Waals surface area contributed by atoms with Crippen LogP contribution < -0.4 is 5.32 Å². The lowest BCUT2D eigenvalue weighted by molar-refractivity contribution is -0.179. The van der Waals surface area contributed by atoms with Crippen molar-refractivity contribution in [1.29, 1.82) is 0 Å². The van der Waals surface area contributed by atoms with E-state index in [1.807, 2.05) is 60.7 Å². The van der Waals surface area contributed by atoms with Crippen LogP contribution in [0.5, 0.6) is 0 Å². The molecule has 14 nitrogen and oxygen atoms in total. The number of thiazole rings is 1. The van der Waals surface area contributed by atoms with E-state index in [0.717, 1.165) is 11.1 Å². The Morgan fingerprint density at radius 2 is 1.71 bits per heavy atom. The number of rotatable bonds is 11. The topological polar surface area (TPSA) is 171 Å². The number of esters is 1. The van der Waals surface area contributed by atoms with E-state index in [4.69, 9.17) is 26.3 Å². The average molecular weight is 765 g/mol. The highest BCUT2D eigenvalue weighted by Gasteiger charge is 2.57. The first-order valence-corrected chi connectivity index (χ1v) is 19.1. The first kappa shape index (κ1) is 37.0. The number of nitrogens with zero attached hydrogens (tertiary/aromatic N) is 7. The molecule has 52 heavy (non-hydrogen) atoms. The number of nitrogens with one attached hydrogen (secondary N) is 1. The summed E-state index contributed by atoms with van der Waals surface area (Å²) in [6.07, 6.45) is 0. The minimum absolute atomic E-state index is 0.0222. The molecular formula is C35H37ClN8O6S2. The number of fused-ring (bicyclic) bond motifs is 1. The number of benzene rings is 2. The molecule has 1 N–H and O–H groups in total. The van der Waals surface area contributed by atoms with Gasteiger partial charge in [-0.05, 0) is 63.5 Å². The van der Waals surface area contributed by atoms with E-state index in [0.29, 0.717) is 16.3 Å². The molecule has 6 rings (SSSR count). The second-order valence-corrected chi connectivity index (χ2v) is 16.5. The standard InChI is InChI=1S/C35H37ClN8O6S2/c1-20-37-24(18-51-20)25(41-50-35(5,6)33(47)49-34(2,3)4)30(45)38-26-31(46)43-28(23(17-36)19-52(48)32(26)43)29-39-42-44(40-29)27(21-13-9-7-10-14-21)22-15-11-8-12-16-22/h7-16,18,26-27,32H,17,19H2,1-6H3,(H,38,45)/b41-25-/t26-,32-,52?/m1/s1. The van der Waals surface area contributed by atoms with Crippen LogP contribution in [-0.4, -0.2) is 92.0 Å². The van der Waals surface area contributed by atoms with Gasteiger partial charge in [0.1, 0.15) is 28.8 Å². The zero-order valence-corrected chi connectivity index (χ0v) is 31.7. The first-order chi connectivity index (χ1) is 24.7. The maximum Gasteiger partial charge on any atom is 0.353 e. The molecule has 4 aromatic rings. The van der Waals surface area contributed by atoms with Crippen LogP contribution in [-0.2, 0) is 34.8 Å². The van der Waals surface area contributed by atoms with Gasteiger partial charge in [-0.15, -0.1) is 33.1 Å². The van der Waals surface area contributed by atoms with Crippen molar-refractivity contribution in [2.24, 2.45) is 5.16 Å². The number of tetrazole rings is 1. The summed E-state index contributed by atoms with van der Waals surface area (Å²) in [4.78, 5) is 53.2. The van der Waals surface area contributed by atoms with E-state index < -0.39 is 57.2 Å². The molecule has 272 valence electrons. The van der Waals surface area contributed by atoms with Gasteiger partial charge in [0, 0.05) is 11.3 Å². The smallest absolute Gasteiger partial charge is 0.353 e. The van der Waals surface area contributed by atoms with Gasteiger partial charge in [0.25, 0.3) is 11.8 Å². The van der Waals surface area contributed by atoms with E-state index in [9.17, 15) is 18.6 Å². The Hall–Kier alpha value is -4.80. The summed E-state index contributed by atoms with van der Waals surface area (Å²) in [6.45, 7) is 9.82. The monoisotopic (exact) mass is 764 g/mol. The fourth-order valence-electron chi connectivity index (χ4n) is 5.61. The molecule has 0 saturated carbocycles. The molecule has 0 spiro atoms. The van der Waals surface area contributed by atoms with E-state index in [2.05, 4.69) is 25.8 Å². The summed E-state index contributed by atoms with van der Waals surface area (Å²) < 4.78 is 19.1. The number of aryl methyl sites for hydroxylation is 1. The third-order valence-electron chi connectivity index (χ3n) is 8.09. The summed E-state index contributed by atoms with van der Waals surface area (Å²) in [5.41, 5.74) is 0.178. The number of carbonyl (C=O) groups is 3. The lowest BCUT2D eigenvalue weighted by atomic mass is 9.99. The van der Waals surface area contributed by atoms with Gasteiger partial charge in [0.05, 0.1) is 27.3 Å². The number of aromatic nitrogens is 5. The molecule has 0 bridgehead atoms. The van der Waals surface area contributed by atoms with Crippen LogP contribution in [0, 0.1) is 6.92 Å². The average Bonchev–Trinajstić information content (AvgIpc) is 3.76. The molecule has 2 aliphatic rings. The van der Waals surface area contributed by atoms with Gasteiger partial charge in [0.2, 0.25) is 11.4 Å². The normalized spacial score (nSPS) is 19.3. The van der Waals surface area contributed by atoms with Gasteiger partial charge >= 0.3 is 5.97 Å². The summed E-state index contributed by atoms with van der Waals surface area (Å²) >= 11 is 7.62. The molecule has 2 aliphatic heterocycles. The predicted octanol–water partition coefficient (Wildman–Crippen LogP) is 3.98. The third kappa shape index (κ3) is 7.54. The highest BCUT2D eigenvalue weighted by atomic mass is 35.5. The maximum absolute atomic E-state index is 13.9. The van der Waals surface area contributed by atoms with Gasteiger partial charge < -0.3 is 14.9 Å². The van der Waals surface area contributed by atoms with Crippen LogP contribution in [0.1, 0.15) is 68.3 Å². The Bertz CT molecular complexity index is 2040. The highest BCUT2D eigenvalue weighted by molar-refractivity contribution is 7.86. The van der Waals surface area contributed by atoms with Gasteiger partial charge in [0.15, 0.2) is 5.71 Å². The van der Waals surface area contributed by atoms with Crippen molar-refractivity contribution in [3.63, 3.8) is 0 Å². The van der Waals surface area contributed by atoms with Crippen molar-refractivity contribution in [3.8, 4) is 0 Å². The molecule has 2 amide bonds. The Morgan fingerprint density at radius 3 is 2.27 bits per heavy atom. The lowest BCUT2D eigenvalue weighted by Gasteiger charge is -2.49. The fraction of sp³-hybridized carbons (Fsp3) is 0.371. The number of alkyl halides is 1. The number of ether oxygens (including phenoxy) is 1. The molecule has 2 aromatic carbocycles. The Morgan fingerprint density at radius 1 is 1.08 bits per heavy atom. The van der Waals surface area contributed by atoms with Crippen LogP contribution in [0.3, 0.4) is 0 Å². The zero-order valence-electron chi connectivity index (χ0n) is 29.3. The Labute approximate surface area is 311 Å². The first-order valence-electron chi connectivity index (χ1n) is 16.3. The van der Waals surface area contributed by atoms with E-state index in [1.54, 1.807) is 33.1 Å². The second-order valence-electron chi connectivity index (χ2n) is 13.6. The number of β-lactam (4-membered cyclic amide) rings is 1. The molecule has 1 fully saturated rings. The SMILES string of the molecule is Cc1nc(/C(=N/OC(C)(C)C(=O)OC(C)(C)C)C(=O)N[C@@H]2C(=O)N3C(c4nnn(C(c5ccccc5)c5ccccc5)n4)=C(CCl)CS(=O)[C@H]23)cs1. The van der Waals surface area contributed by atoms with Gasteiger partial charge in [-0.25, -0.2) is 9.78 Å². The van der Waals surface area contributed by atoms with Crippen molar-refractivity contribution >= 4 is 62.9 Å². The number of carbonyl (C=O) groups excluding carboxylic acids is 3. The van der Waals surface area contributed by atoms with Crippen LogP contribution in [0.15, 0.2) is 76.8 Å². The van der Waals surface area contributed by atoms with E-state index in [1.165, 1.54) is 34.9 Å². The molecule has 0 radical (unpaired) electrons. The summed E-state index contributed by atoms with van der Waals surface area (Å²) in [7, 11) is -1.65. The van der Waals surface area contributed by atoms with Crippen molar-refractivity contribution in [2.75, 3.05) is 11.6 Å². The summed E-state index contributed by atoms with van der Waals surface area (Å²) in [5.74, 6) is -1.94. The highest BCUT2D eigenvalue weighted by Crippen LogP contribution is 2.39. The summed E-state index contributed by atoms with van der Waals surface area (Å²) in [5, 5.41) is 21.4. The maximum atomic E-state index is 13.9. The molecule has 0 aliphatic carbocycles. The number of hydrogen-bond donors (Lipinski definition) is 1.